The molecule has 1 saturated carbocycles. The minimum Gasteiger partial charge on any atom is -0.393 e. The zero-order valence-corrected chi connectivity index (χ0v) is 12.3. The maximum atomic E-state index is 11.3. The molecule has 0 aromatic heterocycles. The largest absolute Gasteiger partial charge is 0.393 e. The Morgan fingerprint density at radius 1 is 1.26 bits per heavy atom. The number of hydrogen-bond acceptors (Lipinski definition) is 3. The molecule has 4 nitrogen and oxygen atoms in total. The number of aliphatic hydroxyl groups is 1. The van der Waals surface area contributed by atoms with Crippen LogP contribution in [0.4, 0.5) is 0 Å². The molecule has 1 aliphatic heterocycles. The zero-order chi connectivity index (χ0) is 13.8. The van der Waals surface area contributed by atoms with Gasteiger partial charge < -0.3 is 10.4 Å². The Labute approximate surface area is 116 Å². The van der Waals surface area contributed by atoms with Crippen LogP contribution >= 0.6 is 0 Å². The van der Waals surface area contributed by atoms with E-state index >= 15 is 0 Å². The molecule has 1 amide bonds. The summed E-state index contributed by atoms with van der Waals surface area (Å²) in [4.78, 5) is 13.8. The maximum Gasteiger partial charge on any atom is 0.217 e. The molecule has 4 heteroatoms. The van der Waals surface area contributed by atoms with Gasteiger partial charge in [0, 0.05) is 32.1 Å². The third-order valence-corrected chi connectivity index (χ3v) is 4.69. The van der Waals surface area contributed by atoms with Crippen molar-refractivity contribution in [3.8, 4) is 0 Å². The molecule has 0 bridgehead atoms. The molecular formula is C15H28N2O2. The lowest BCUT2D eigenvalue weighted by Crippen LogP contribution is -2.55. The van der Waals surface area contributed by atoms with E-state index in [4.69, 9.17) is 0 Å². The molecule has 2 N–H and O–H groups in total. The van der Waals surface area contributed by atoms with Gasteiger partial charge in [0.1, 0.15) is 0 Å². The Morgan fingerprint density at radius 3 is 2.53 bits per heavy atom. The van der Waals surface area contributed by atoms with Crippen molar-refractivity contribution in [2.24, 2.45) is 5.92 Å². The number of likely N-dealkylation sites (tertiary alicyclic amines) is 1. The molecule has 110 valence electrons. The summed E-state index contributed by atoms with van der Waals surface area (Å²) >= 11 is 0. The number of piperidine rings is 1. The topological polar surface area (TPSA) is 52.6 Å². The Kier molecular flexibility index (Phi) is 5.22. The number of hydrogen-bond donors (Lipinski definition) is 2. The van der Waals surface area contributed by atoms with E-state index in [1.807, 2.05) is 6.92 Å². The van der Waals surface area contributed by atoms with Crippen LogP contribution in [0.5, 0.6) is 0 Å². The maximum absolute atomic E-state index is 11.3. The highest BCUT2D eigenvalue weighted by Gasteiger charge is 2.33. The van der Waals surface area contributed by atoms with Gasteiger partial charge in [0.25, 0.3) is 0 Å². The molecule has 2 fully saturated rings. The van der Waals surface area contributed by atoms with E-state index in [-0.39, 0.29) is 24.0 Å². The third-order valence-electron chi connectivity index (χ3n) is 4.69. The van der Waals surface area contributed by atoms with Gasteiger partial charge in [-0.2, -0.15) is 0 Å². The number of amides is 1. The van der Waals surface area contributed by atoms with Crippen LogP contribution in [-0.4, -0.2) is 47.2 Å². The second-order valence-electron chi connectivity index (χ2n) is 6.38. The molecule has 2 rings (SSSR count). The Hall–Kier alpha value is -0.610. The van der Waals surface area contributed by atoms with Gasteiger partial charge in [0.05, 0.1) is 6.10 Å². The summed E-state index contributed by atoms with van der Waals surface area (Å²) < 4.78 is 0. The fraction of sp³-hybridized carbons (Fsp3) is 0.933. The van der Waals surface area contributed by atoms with Crippen LogP contribution in [0.1, 0.15) is 52.4 Å². The van der Waals surface area contributed by atoms with E-state index in [1.165, 1.54) is 32.1 Å². The Bertz CT molecular complexity index is 301. The molecule has 1 saturated heterocycles. The number of nitrogens with zero attached hydrogens (tertiary/aromatic N) is 1. The number of carbonyl (C=O) groups is 1. The van der Waals surface area contributed by atoms with E-state index in [9.17, 15) is 9.90 Å². The van der Waals surface area contributed by atoms with Gasteiger partial charge in [-0.3, -0.25) is 9.69 Å². The van der Waals surface area contributed by atoms with E-state index in [0.717, 1.165) is 19.5 Å². The highest BCUT2D eigenvalue weighted by molar-refractivity contribution is 5.73. The lowest BCUT2D eigenvalue weighted by molar-refractivity contribution is -0.120. The summed E-state index contributed by atoms with van der Waals surface area (Å²) in [6, 6.07) is 0.860. The first kappa shape index (κ1) is 14.8. The molecule has 0 aromatic carbocycles. The lowest BCUT2D eigenvalue weighted by Gasteiger charge is -2.44. The molecule has 2 aliphatic rings. The van der Waals surface area contributed by atoms with Crippen LogP contribution in [-0.2, 0) is 4.79 Å². The van der Waals surface area contributed by atoms with Crippen molar-refractivity contribution in [1.29, 1.82) is 0 Å². The average molecular weight is 268 g/mol. The van der Waals surface area contributed by atoms with Gasteiger partial charge in [0.15, 0.2) is 0 Å². The average Bonchev–Trinajstić information content (AvgIpc) is 2.38. The van der Waals surface area contributed by atoms with Crippen LogP contribution in [0.15, 0.2) is 0 Å². The molecule has 3 unspecified atom stereocenters. The molecule has 0 aromatic rings. The molecule has 3 atom stereocenters. The molecule has 1 heterocycles. The van der Waals surface area contributed by atoms with Gasteiger partial charge >= 0.3 is 0 Å². The zero-order valence-electron chi connectivity index (χ0n) is 12.3. The van der Waals surface area contributed by atoms with Gasteiger partial charge in [-0.15, -0.1) is 0 Å². The number of carbonyl (C=O) groups excluding carboxylic acids is 1. The first-order valence-electron chi connectivity index (χ1n) is 7.75. The van der Waals surface area contributed by atoms with E-state index in [2.05, 4.69) is 10.2 Å². The Balaban J connectivity index is 1.98. The SMILES string of the molecule is CC(=O)NC1CC(C(C)O)CN(C2CCCCC2)C1. The van der Waals surface area contributed by atoms with Crippen molar-refractivity contribution in [2.45, 2.75) is 70.6 Å². The number of rotatable bonds is 3. The van der Waals surface area contributed by atoms with Gasteiger partial charge in [-0.05, 0) is 32.1 Å². The first-order chi connectivity index (χ1) is 9.06. The summed E-state index contributed by atoms with van der Waals surface area (Å²) in [6.45, 7) is 5.39. The second-order valence-corrected chi connectivity index (χ2v) is 6.38. The highest BCUT2D eigenvalue weighted by Crippen LogP contribution is 2.28. The molecule has 0 spiro atoms. The lowest BCUT2D eigenvalue weighted by atomic mass is 9.86. The fourth-order valence-electron chi connectivity index (χ4n) is 3.66. The Morgan fingerprint density at radius 2 is 1.95 bits per heavy atom. The van der Waals surface area contributed by atoms with E-state index in [1.54, 1.807) is 6.92 Å². The van der Waals surface area contributed by atoms with Crippen molar-refractivity contribution in [3.63, 3.8) is 0 Å². The van der Waals surface area contributed by atoms with Crippen LogP contribution in [0.25, 0.3) is 0 Å². The molecule has 19 heavy (non-hydrogen) atoms. The normalized spacial score (nSPS) is 31.9. The predicted molar refractivity (Wildman–Crippen MR) is 75.8 cm³/mol. The summed E-state index contributed by atoms with van der Waals surface area (Å²) in [5, 5.41) is 12.9. The standard InChI is InChI=1S/C15H28N2O2/c1-11(18)13-8-14(16-12(2)19)10-17(9-13)15-6-4-3-5-7-15/h11,13-15,18H,3-10H2,1-2H3,(H,16,19). The van der Waals surface area contributed by atoms with Crippen molar-refractivity contribution in [2.75, 3.05) is 13.1 Å². The van der Waals surface area contributed by atoms with Crippen molar-refractivity contribution in [3.05, 3.63) is 0 Å². The minimum absolute atomic E-state index is 0.0415. The summed E-state index contributed by atoms with van der Waals surface area (Å²) in [5.74, 6) is 0.326. The molecule has 0 radical (unpaired) electrons. The third kappa shape index (κ3) is 4.18. The highest BCUT2D eigenvalue weighted by atomic mass is 16.3. The molecular weight excluding hydrogens is 240 g/mol. The van der Waals surface area contributed by atoms with Crippen LogP contribution < -0.4 is 5.32 Å². The van der Waals surface area contributed by atoms with Gasteiger partial charge in [-0.25, -0.2) is 0 Å². The van der Waals surface area contributed by atoms with Crippen molar-refractivity contribution >= 4 is 5.91 Å². The van der Waals surface area contributed by atoms with Crippen molar-refractivity contribution < 1.29 is 9.90 Å². The van der Waals surface area contributed by atoms with E-state index in [0.29, 0.717) is 6.04 Å². The number of nitrogens with one attached hydrogen (secondary N) is 1. The van der Waals surface area contributed by atoms with Gasteiger partial charge in [0.2, 0.25) is 5.91 Å². The summed E-state index contributed by atoms with van der Waals surface area (Å²) in [5.41, 5.74) is 0. The monoisotopic (exact) mass is 268 g/mol. The smallest absolute Gasteiger partial charge is 0.217 e. The predicted octanol–water partition coefficient (Wildman–Crippen LogP) is 1.53. The first-order valence-corrected chi connectivity index (χ1v) is 7.75. The second kappa shape index (κ2) is 6.71. The minimum atomic E-state index is -0.289. The van der Waals surface area contributed by atoms with Crippen LogP contribution in [0, 0.1) is 5.92 Å². The summed E-state index contributed by atoms with van der Waals surface area (Å²) in [7, 11) is 0. The number of aliphatic hydroxyl groups excluding tert-OH is 1. The van der Waals surface area contributed by atoms with Crippen molar-refractivity contribution in [1.82, 2.24) is 10.2 Å². The fourth-order valence-corrected chi connectivity index (χ4v) is 3.66. The molecule has 1 aliphatic carbocycles. The summed E-state index contributed by atoms with van der Waals surface area (Å²) in [6.07, 6.45) is 7.18. The van der Waals surface area contributed by atoms with Gasteiger partial charge in [-0.1, -0.05) is 19.3 Å². The van der Waals surface area contributed by atoms with E-state index < -0.39 is 0 Å². The van der Waals surface area contributed by atoms with Crippen LogP contribution in [0.3, 0.4) is 0 Å². The van der Waals surface area contributed by atoms with Crippen LogP contribution in [0.2, 0.25) is 0 Å². The quantitative estimate of drug-likeness (QED) is 0.816.